The Hall–Kier alpha value is -2.04. The third-order valence-electron chi connectivity index (χ3n) is 3.35. The van der Waals surface area contributed by atoms with Gasteiger partial charge in [0.05, 0.1) is 18.4 Å². The first-order valence-electron chi connectivity index (χ1n) is 6.78. The molecule has 1 amide bonds. The lowest BCUT2D eigenvalue weighted by molar-refractivity contribution is -0.140. The van der Waals surface area contributed by atoms with E-state index in [2.05, 4.69) is 5.32 Å². The maximum absolute atomic E-state index is 11.6. The smallest absolute Gasteiger partial charge is 0.307 e. The highest BCUT2D eigenvalue weighted by molar-refractivity contribution is 5.89. The molecule has 1 aromatic rings. The zero-order valence-corrected chi connectivity index (χ0v) is 11.5. The Labute approximate surface area is 117 Å². The van der Waals surface area contributed by atoms with Crippen LogP contribution in [0.5, 0.6) is 5.75 Å². The summed E-state index contributed by atoms with van der Waals surface area (Å²) in [5.41, 5.74) is 1.18. The number of hydrogen-bond acceptors (Lipinski definition) is 3. The van der Waals surface area contributed by atoms with Crippen molar-refractivity contribution >= 4 is 11.9 Å². The second kappa shape index (κ2) is 6.41. The Kier molecular flexibility index (Phi) is 4.61. The fourth-order valence-electron chi connectivity index (χ4n) is 2.00. The van der Waals surface area contributed by atoms with Gasteiger partial charge < -0.3 is 15.2 Å². The predicted octanol–water partition coefficient (Wildman–Crippen LogP) is 1.60. The molecule has 1 aliphatic carbocycles. The summed E-state index contributed by atoms with van der Waals surface area (Å²) in [6.07, 6.45) is 1.16. The molecule has 2 N–H and O–H groups in total. The summed E-state index contributed by atoms with van der Waals surface area (Å²) in [5.74, 6) is -1.06. The first-order chi connectivity index (χ1) is 9.58. The van der Waals surface area contributed by atoms with Crippen LogP contribution in [0.3, 0.4) is 0 Å². The fourth-order valence-corrected chi connectivity index (χ4v) is 2.00. The van der Waals surface area contributed by atoms with Gasteiger partial charge in [-0.1, -0.05) is 17.7 Å². The predicted molar refractivity (Wildman–Crippen MR) is 73.5 cm³/mol. The molecule has 20 heavy (non-hydrogen) atoms. The number of amides is 1. The van der Waals surface area contributed by atoms with Gasteiger partial charge in [0.15, 0.2) is 0 Å². The summed E-state index contributed by atoms with van der Waals surface area (Å²) >= 11 is 0. The van der Waals surface area contributed by atoms with Crippen molar-refractivity contribution in [2.45, 2.75) is 19.8 Å². The minimum Gasteiger partial charge on any atom is -0.494 e. The summed E-state index contributed by atoms with van der Waals surface area (Å²) < 4.78 is 5.53. The topological polar surface area (TPSA) is 75.6 Å². The molecule has 2 atom stereocenters. The number of hydrogen-bond donors (Lipinski definition) is 2. The Morgan fingerprint density at radius 1 is 1.30 bits per heavy atom. The number of carbonyl (C=O) groups excluding carboxylic acids is 1. The third-order valence-corrected chi connectivity index (χ3v) is 3.35. The number of benzene rings is 1. The molecule has 108 valence electrons. The highest BCUT2D eigenvalue weighted by Gasteiger charge is 2.48. The van der Waals surface area contributed by atoms with Crippen molar-refractivity contribution in [2.24, 2.45) is 11.8 Å². The van der Waals surface area contributed by atoms with Gasteiger partial charge in [0.1, 0.15) is 5.75 Å². The largest absolute Gasteiger partial charge is 0.494 e. The number of aryl methyl sites for hydroxylation is 1. The molecule has 1 saturated carbocycles. The maximum atomic E-state index is 11.6. The maximum Gasteiger partial charge on any atom is 0.307 e. The molecule has 0 bridgehead atoms. The van der Waals surface area contributed by atoms with Gasteiger partial charge in [-0.05, 0) is 31.9 Å². The Morgan fingerprint density at radius 2 is 2.00 bits per heavy atom. The lowest BCUT2D eigenvalue weighted by Gasteiger charge is -2.07. The Morgan fingerprint density at radius 3 is 2.60 bits per heavy atom. The minimum absolute atomic E-state index is 0.160. The molecular weight excluding hydrogens is 258 g/mol. The van der Waals surface area contributed by atoms with Crippen LogP contribution in [0.25, 0.3) is 0 Å². The number of nitrogens with one attached hydrogen (secondary N) is 1. The molecule has 1 aromatic carbocycles. The van der Waals surface area contributed by atoms with E-state index >= 15 is 0 Å². The van der Waals surface area contributed by atoms with Crippen molar-refractivity contribution in [3.8, 4) is 5.75 Å². The molecular formula is C15H19NO4. The lowest BCUT2D eigenvalue weighted by Crippen LogP contribution is -2.28. The number of carboxylic acid groups (broad SMARTS) is 1. The van der Waals surface area contributed by atoms with Crippen LogP contribution >= 0.6 is 0 Å². The van der Waals surface area contributed by atoms with E-state index in [1.165, 1.54) is 5.56 Å². The van der Waals surface area contributed by atoms with Crippen LogP contribution in [0, 0.1) is 18.8 Å². The van der Waals surface area contributed by atoms with E-state index in [-0.39, 0.29) is 11.8 Å². The zero-order valence-electron chi connectivity index (χ0n) is 11.5. The molecule has 0 aliphatic heterocycles. The molecule has 1 aliphatic rings. The van der Waals surface area contributed by atoms with Crippen LogP contribution in [0.2, 0.25) is 0 Å². The van der Waals surface area contributed by atoms with E-state index in [0.717, 1.165) is 5.75 Å². The van der Waals surface area contributed by atoms with E-state index in [1.807, 2.05) is 31.2 Å². The quantitative estimate of drug-likeness (QED) is 0.742. The van der Waals surface area contributed by atoms with Crippen LogP contribution < -0.4 is 10.1 Å². The monoisotopic (exact) mass is 277 g/mol. The van der Waals surface area contributed by atoms with Crippen molar-refractivity contribution < 1.29 is 19.4 Å². The first-order valence-corrected chi connectivity index (χ1v) is 6.78. The van der Waals surface area contributed by atoms with Crippen LogP contribution in [0.1, 0.15) is 18.4 Å². The lowest BCUT2D eigenvalue weighted by atomic mass is 10.2. The molecule has 1 fully saturated rings. The average Bonchev–Trinajstić information content (AvgIpc) is 3.21. The summed E-state index contributed by atoms with van der Waals surface area (Å²) in [6, 6.07) is 7.79. The Bertz CT molecular complexity index is 483. The number of carboxylic acids is 1. The van der Waals surface area contributed by atoms with Crippen molar-refractivity contribution in [2.75, 3.05) is 13.2 Å². The minimum atomic E-state index is -0.882. The SMILES string of the molecule is Cc1ccc(OCCCNC(=O)C2CC2C(=O)O)cc1. The van der Waals surface area contributed by atoms with E-state index in [4.69, 9.17) is 9.84 Å². The van der Waals surface area contributed by atoms with Gasteiger partial charge in [-0.15, -0.1) is 0 Å². The Balaban J connectivity index is 1.57. The van der Waals surface area contributed by atoms with E-state index in [1.54, 1.807) is 0 Å². The van der Waals surface area contributed by atoms with Crippen LogP contribution in [-0.4, -0.2) is 30.1 Å². The van der Waals surface area contributed by atoms with Crippen LogP contribution in [-0.2, 0) is 9.59 Å². The van der Waals surface area contributed by atoms with Crippen molar-refractivity contribution in [1.29, 1.82) is 0 Å². The summed E-state index contributed by atoms with van der Waals surface area (Å²) in [7, 11) is 0. The van der Waals surface area contributed by atoms with E-state index in [0.29, 0.717) is 26.0 Å². The van der Waals surface area contributed by atoms with Crippen LogP contribution in [0.15, 0.2) is 24.3 Å². The molecule has 2 unspecified atom stereocenters. The molecule has 0 radical (unpaired) electrons. The highest BCUT2D eigenvalue weighted by atomic mass is 16.5. The molecule has 5 heteroatoms. The number of ether oxygens (including phenoxy) is 1. The molecule has 0 heterocycles. The van der Waals surface area contributed by atoms with Gasteiger partial charge in [0.2, 0.25) is 5.91 Å². The molecule has 0 spiro atoms. The van der Waals surface area contributed by atoms with Gasteiger partial charge in [-0.25, -0.2) is 0 Å². The van der Waals surface area contributed by atoms with Gasteiger partial charge in [-0.2, -0.15) is 0 Å². The third kappa shape index (κ3) is 3.98. The van der Waals surface area contributed by atoms with Crippen LogP contribution in [0.4, 0.5) is 0 Å². The van der Waals surface area contributed by atoms with E-state index < -0.39 is 11.9 Å². The van der Waals surface area contributed by atoms with Gasteiger partial charge in [-0.3, -0.25) is 9.59 Å². The summed E-state index contributed by atoms with van der Waals surface area (Å²) in [4.78, 5) is 22.2. The summed E-state index contributed by atoms with van der Waals surface area (Å²) in [6.45, 7) is 3.05. The van der Waals surface area contributed by atoms with Gasteiger partial charge in [0.25, 0.3) is 0 Å². The number of carbonyl (C=O) groups is 2. The normalized spacial score (nSPS) is 20.2. The van der Waals surface area contributed by atoms with Gasteiger partial charge in [0, 0.05) is 6.54 Å². The fraction of sp³-hybridized carbons (Fsp3) is 0.467. The summed E-state index contributed by atoms with van der Waals surface area (Å²) in [5, 5.41) is 11.5. The van der Waals surface area contributed by atoms with Gasteiger partial charge >= 0.3 is 5.97 Å². The molecule has 0 saturated heterocycles. The second-order valence-corrected chi connectivity index (χ2v) is 5.09. The molecule has 2 rings (SSSR count). The molecule has 5 nitrogen and oxygen atoms in total. The highest BCUT2D eigenvalue weighted by Crippen LogP contribution is 2.38. The first kappa shape index (κ1) is 14.4. The average molecular weight is 277 g/mol. The zero-order chi connectivity index (χ0) is 14.5. The standard InChI is InChI=1S/C15H19NO4/c1-10-3-5-11(6-4-10)20-8-2-7-16-14(17)12-9-13(12)15(18)19/h3-6,12-13H,2,7-9H2,1H3,(H,16,17)(H,18,19). The molecule has 0 aromatic heterocycles. The van der Waals surface area contributed by atoms with Crippen molar-refractivity contribution in [1.82, 2.24) is 5.32 Å². The second-order valence-electron chi connectivity index (χ2n) is 5.09. The number of rotatable bonds is 7. The van der Waals surface area contributed by atoms with Crippen molar-refractivity contribution in [3.63, 3.8) is 0 Å². The number of aliphatic carboxylic acids is 1. The van der Waals surface area contributed by atoms with Crippen molar-refractivity contribution in [3.05, 3.63) is 29.8 Å². The van der Waals surface area contributed by atoms with E-state index in [9.17, 15) is 9.59 Å².